The zero-order valence-electron chi connectivity index (χ0n) is 18.2. The highest BCUT2D eigenvalue weighted by Crippen LogP contribution is 2.28. The van der Waals surface area contributed by atoms with Crippen LogP contribution in [0.2, 0.25) is 0 Å². The van der Waals surface area contributed by atoms with E-state index in [2.05, 4.69) is 15.6 Å². The second-order valence-corrected chi connectivity index (χ2v) is 8.41. The van der Waals surface area contributed by atoms with Gasteiger partial charge in [-0.25, -0.2) is 13.8 Å². The lowest BCUT2D eigenvalue weighted by Crippen LogP contribution is -2.37. The third-order valence-electron chi connectivity index (χ3n) is 5.39. The van der Waals surface area contributed by atoms with Gasteiger partial charge in [-0.1, -0.05) is 13.0 Å². The Hall–Kier alpha value is -3.63. The van der Waals surface area contributed by atoms with Gasteiger partial charge in [0.2, 0.25) is 0 Å². The van der Waals surface area contributed by atoms with Crippen LogP contribution in [0.3, 0.4) is 0 Å². The van der Waals surface area contributed by atoms with Gasteiger partial charge in [0.15, 0.2) is 17.3 Å². The molecule has 34 heavy (non-hydrogen) atoms. The maximum Gasteiger partial charge on any atom is 0.270 e. The maximum atomic E-state index is 13.5. The normalized spacial score (nSPS) is 12.0. The zero-order valence-corrected chi connectivity index (χ0v) is 19.0. The fourth-order valence-corrected chi connectivity index (χ4v) is 4.16. The molecule has 7 nitrogen and oxygen atoms in total. The topological polar surface area (TPSA) is 95.7 Å². The molecule has 0 aliphatic heterocycles. The van der Waals surface area contributed by atoms with Gasteiger partial charge in [0.1, 0.15) is 11.4 Å². The summed E-state index contributed by atoms with van der Waals surface area (Å²) >= 11 is 1.45. The molecule has 3 heterocycles. The van der Waals surface area contributed by atoms with Crippen LogP contribution >= 0.6 is 11.3 Å². The van der Waals surface area contributed by atoms with Gasteiger partial charge in [0.05, 0.1) is 18.2 Å². The summed E-state index contributed by atoms with van der Waals surface area (Å²) in [4.78, 5) is 30.7. The predicted molar refractivity (Wildman–Crippen MR) is 125 cm³/mol. The highest BCUT2D eigenvalue weighted by Gasteiger charge is 2.25. The Morgan fingerprint density at radius 1 is 1.18 bits per heavy atom. The van der Waals surface area contributed by atoms with Crippen LogP contribution in [0.25, 0.3) is 16.9 Å². The maximum absolute atomic E-state index is 13.5. The molecular formula is C24H22F2N4O3S. The van der Waals surface area contributed by atoms with Gasteiger partial charge in [-0.15, -0.1) is 0 Å². The van der Waals surface area contributed by atoms with Crippen LogP contribution in [-0.2, 0) is 6.54 Å². The molecule has 0 fully saturated rings. The molecule has 10 heteroatoms. The van der Waals surface area contributed by atoms with E-state index in [-0.39, 0.29) is 30.1 Å². The molecule has 0 bridgehead atoms. The van der Waals surface area contributed by atoms with Crippen molar-refractivity contribution in [3.8, 4) is 11.3 Å². The number of aliphatic hydroxyl groups is 1. The van der Waals surface area contributed by atoms with E-state index in [9.17, 15) is 23.5 Å². The molecule has 176 valence electrons. The van der Waals surface area contributed by atoms with Crippen molar-refractivity contribution in [3.63, 3.8) is 0 Å². The highest BCUT2D eigenvalue weighted by atomic mass is 32.1. The lowest BCUT2D eigenvalue weighted by atomic mass is 10.1. The molecule has 1 aromatic carbocycles. The van der Waals surface area contributed by atoms with Crippen LogP contribution in [0.5, 0.6) is 0 Å². The van der Waals surface area contributed by atoms with Gasteiger partial charge >= 0.3 is 0 Å². The Morgan fingerprint density at radius 3 is 2.68 bits per heavy atom. The molecule has 0 radical (unpaired) electrons. The molecule has 0 aliphatic carbocycles. The second-order valence-electron chi connectivity index (χ2n) is 7.63. The van der Waals surface area contributed by atoms with E-state index in [1.165, 1.54) is 17.4 Å². The number of hydrogen-bond donors (Lipinski definition) is 3. The first-order valence-corrected chi connectivity index (χ1v) is 11.5. The highest BCUT2D eigenvalue weighted by molar-refractivity contribution is 7.08. The number of thiophene rings is 1. The lowest BCUT2D eigenvalue weighted by molar-refractivity contribution is 0.0907. The third kappa shape index (κ3) is 4.68. The zero-order chi connectivity index (χ0) is 24.2. The van der Waals surface area contributed by atoms with Crippen LogP contribution < -0.4 is 10.6 Å². The number of halogens is 2. The van der Waals surface area contributed by atoms with E-state index < -0.39 is 29.5 Å². The summed E-state index contributed by atoms with van der Waals surface area (Å²) in [5.74, 6) is -2.86. The van der Waals surface area contributed by atoms with Crippen molar-refractivity contribution in [3.05, 3.63) is 81.8 Å². The molecule has 4 aromatic rings. The molecule has 0 spiro atoms. The smallest absolute Gasteiger partial charge is 0.270 e. The lowest BCUT2D eigenvalue weighted by Gasteiger charge is -2.14. The molecule has 1 atom stereocenters. The molecule has 3 aromatic heterocycles. The number of imidazole rings is 1. The predicted octanol–water partition coefficient (Wildman–Crippen LogP) is 3.77. The van der Waals surface area contributed by atoms with E-state index >= 15 is 0 Å². The van der Waals surface area contributed by atoms with E-state index in [1.54, 1.807) is 22.7 Å². The van der Waals surface area contributed by atoms with Crippen LogP contribution in [0.15, 0.2) is 53.4 Å². The van der Waals surface area contributed by atoms with E-state index in [4.69, 9.17) is 0 Å². The van der Waals surface area contributed by atoms with Crippen molar-refractivity contribution < 1.29 is 23.5 Å². The minimum atomic E-state index is -0.994. The van der Waals surface area contributed by atoms with Crippen LogP contribution in [0.1, 0.15) is 39.8 Å². The van der Waals surface area contributed by atoms with Crippen LogP contribution in [0, 0.1) is 11.6 Å². The number of rotatable bonds is 8. The van der Waals surface area contributed by atoms with Crippen LogP contribution in [0.4, 0.5) is 8.78 Å². The van der Waals surface area contributed by atoms with E-state index in [1.807, 2.05) is 23.8 Å². The molecule has 0 aliphatic rings. The van der Waals surface area contributed by atoms with Crippen molar-refractivity contribution in [2.75, 3.05) is 6.61 Å². The Balaban J connectivity index is 1.71. The number of carbonyl (C=O) groups is 2. The van der Waals surface area contributed by atoms with Crippen molar-refractivity contribution in [2.24, 2.45) is 0 Å². The van der Waals surface area contributed by atoms with E-state index in [0.717, 1.165) is 17.7 Å². The fourth-order valence-electron chi connectivity index (χ4n) is 3.52. The average molecular weight is 485 g/mol. The SMILES string of the molecule is CC[C@@H](CO)NC(=O)c1c(-c2ccsc2)nc2c(C(=O)NCc3ccc(F)c(F)c3)cccn12. The Kier molecular flexibility index (Phi) is 6.99. The first-order chi connectivity index (χ1) is 16.4. The van der Waals surface area contributed by atoms with Gasteiger partial charge in [0, 0.05) is 23.7 Å². The molecule has 0 saturated carbocycles. The number of nitrogens with one attached hydrogen (secondary N) is 2. The van der Waals surface area contributed by atoms with Gasteiger partial charge in [-0.05, 0) is 47.7 Å². The minimum Gasteiger partial charge on any atom is -0.394 e. The summed E-state index contributed by atoms with van der Waals surface area (Å²) in [6.07, 6.45) is 2.18. The number of fused-ring (bicyclic) bond motifs is 1. The van der Waals surface area contributed by atoms with Crippen molar-refractivity contribution in [1.29, 1.82) is 0 Å². The molecule has 3 N–H and O–H groups in total. The summed E-state index contributed by atoms with van der Waals surface area (Å²) in [5, 5.41) is 18.7. The molecular weight excluding hydrogens is 462 g/mol. The Morgan fingerprint density at radius 2 is 2.00 bits per heavy atom. The summed E-state index contributed by atoms with van der Waals surface area (Å²) in [6, 6.07) is 8.01. The molecule has 4 rings (SSSR count). The minimum absolute atomic E-state index is 0.0167. The number of pyridine rings is 1. The Bertz CT molecular complexity index is 1330. The molecule has 2 amide bonds. The largest absolute Gasteiger partial charge is 0.394 e. The summed E-state index contributed by atoms with van der Waals surface area (Å²) in [6.45, 7) is 1.63. The molecule has 0 saturated heterocycles. The summed E-state index contributed by atoms with van der Waals surface area (Å²) in [5.41, 5.74) is 2.27. The van der Waals surface area contributed by atoms with E-state index in [0.29, 0.717) is 17.7 Å². The van der Waals surface area contributed by atoms with Gasteiger partial charge in [0.25, 0.3) is 11.8 Å². The number of benzene rings is 1. The monoisotopic (exact) mass is 484 g/mol. The summed E-state index contributed by atoms with van der Waals surface area (Å²) in [7, 11) is 0. The average Bonchev–Trinajstić information content (AvgIpc) is 3.50. The first-order valence-electron chi connectivity index (χ1n) is 10.6. The molecule has 0 unspecified atom stereocenters. The number of carbonyl (C=O) groups excluding carboxylic acids is 2. The van der Waals surface area contributed by atoms with Crippen molar-refractivity contribution >= 4 is 28.8 Å². The van der Waals surface area contributed by atoms with Gasteiger partial charge < -0.3 is 15.7 Å². The van der Waals surface area contributed by atoms with Gasteiger partial charge in [-0.2, -0.15) is 11.3 Å². The standard InChI is InChI=1S/C24H22F2N4O3S/c1-2-16(12-31)28-24(33)21-20(15-7-9-34-13-15)29-22-17(4-3-8-30(21)22)23(32)27-11-14-5-6-18(25)19(26)10-14/h3-10,13,16,31H,2,11-12H2,1H3,(H,27,32)(H,28,33)/t16-/m0/s1. The quantitative estimate of drug-likeness (QED) is 0.355. The number of amides is 2. The van der Waals surface area contributed by atoms with Crippen LogP contribution in [-0.4, -0.2) is 39.0 Å². The Labute approximate surface area is 198 Å². The van der Waals surface area contributed by atoms with Crippen molar-refractivity contribution in [2.45, 2.75) is 25.9 Å². The van der Waals surface area contributed by atoms with Gasteiger partial charge in [-0.3, -0.25) is 14.0 Å². The van der Waals surface area contributed by atoms with Crippen molar-refractivity contribution in [1.82, 2.24) is 20.0 Å². The first kappa shape index (κ1) is 23.5. The number of hydrogen-bond acceptors (Lipinski definition) is 5. The number of aliphatic hydroxyl groups excluding tert-OH is 1. The number of aromatic nitrogens is 2. The second kappa shape index (κ2) is 10.1. The number of nitrogens with zero attached hydrogens (tertiary/aromatic N) is 2. The fraction of sp³-hybridized carbons (Fsp3) is 0.208. The summed E-state index contributed by atoms with van der Waals surface area (Å²) < 4.78 is 28.2. The third-order valence-corrected chi connectivity index (χ3v) is 6.07.